The van der Waals surface area contributed by atoms with Crippen molar-refractivity contribution in [2.45, 2.75) is 29.8 Å². The van der Waals surface area contributed by atoms with Crippen LogP contribution in [0.5, 0.6) is 0 Å². The average Bonchev–Trinajstić information content (AvgIpc) is 2.99. The van der Waals surface area contributed by atoms with Gasteiger partial charge in [0, 0.05) is 12.8 Å². The Morgan fingerprint density at radius 1 is 1.58 bits per heavy atom. The maximum absolute atomic E-state index is 11.1. The summed E-state index contributed by atoms with van der Waals surface area (Å²) in [7, 11) is 1.73. The lowest BCUT2D eigenvalue weighted by Crippen LogP contribution is -2.04. The van der Waals surface area contributed by atoms with Crippen molar-refractivity contribution in [1.82, 2.24) is 30.0 Å². The van der Waals surface area contributed by atoms with Crippen molar-refractivity contribution in [1.29, 1.82) is 0 Å². The number of carbonyl (C=O) groups is 1. The molecule has 0 radical (unpaired) electrons. The Bertz CT molecular complexity index is 617. The van der Waals surface area contributed by atoms with E-state index in [0.717, 1.165) is 18.0 Å². The van der Waals surface area contributed by atoms with E-state index in [2.05, 4.69) is 20.6 Å². The molecule has 1 aliphatic carbocycles. The first kappa shape index (κ1) is 12.2. The first-order chi connectivity index (χ1) is 9.16. The second-order valence-corrected chi connectivity index (χ2v) is 5.30. The molecule has 9 heteroatoms. The molecule has 0 amide bonds. The molecular formula is C10H12N6O2S. The first-order valence-corrected chi connectivity index (χ1v) is 6.80. The number of rotatable bonds is 5. The van der Waals surface area contributed by atoms with Gasteiger partial charge in [-0.25, -0.2) is 9.48 Å². The van der Waals surface area contributed by atoms with E-state index in [1.165, 1.54) is 18.0 Å². The van der Waals surface area contributed by atoms with Crippen molar-refractivity contribution >= 4 is 17.7 Å². The molecular weight excluding hydrogens is 268 g/mol. The fraction of sp³-hybridized carbons (Fsp3) is 0.500. The highest BCUT2D eigenvalue weighted by molar-refractivity contribution is 7.98. The van der Waals surface area contributed by atoms with Crippen molar-refractivity contribution in [3.8, 4) is 0 Å². The second-order valence-electron chi connectivity index (χ2n) is 4.36. The summed E-state index contributed by atoms with van der Waals surface area (Å²) >= 11 is 1.43. The van der Waals surface area contributed by atoms with Gasteiger partial charge < -0.3 is 5.11 Å². The van der Waals surface area contributed by atoms with Crippen LogP contribution in [0.2, 0.25) is 0 Å². The summed E-state index contributed by atoms with van der Waals surface area (Å²) in [6, 6.07) is 0.406. The van der Waals surface area contributed by atoms with Crippen LogP contribution in [0.25, 0.3) is 0 Å². The van der Waals surface area contributed by atoms with Gasteiger partial charge >= 0.3 is 5.97 Å². The minimum absolute atomic E-state index is 0.223. The minimum atomic E-state index is -0.967. The van der Waals surface area contributed by atoms with Gasteiger partial charge in [0.2, 0.25) is 5.16 Å². The SMILES string of the molecule is Cn1ncc(C(=O)O)c1CSc1nnnn1C1CC1. The molecule has 2 heterocycles. The van der Waals surface area contributed by atoms with E-state index in [9.17, 15) is 4.79 Å². The third-order valence-electron chi connectivity index (χ3n) is 2.99. The van der Waals surface area contributed by atoms with Gasteiger partial charge in [-0.1, -0.05) is 11.8 Å². The summed E-state index contributed by atoms with van der Waals surface area (Å²) in [6.07, 6.45) is 3.57. The quantitative estimate of drug-likeness (QED) is 0.806. The van der Waals surface area contributed by atoms with Crippen LogP contribution in [0.15, 0.2) is 11.4 Å². The van der Waals surface area contributed by atoms with Gasteiger partial charge in [0.1, 0.15) is 5.56 Å². The molecule has 19 heavy (non-hydrogen) atoms. The fourth-order valence-electron chi connectivity index (χ4n) is 1.77. The fourth-order valence-corrected chi connectivity index (χ4v) is 2.79. The molecule has 8 nitrogen and oxygen atoms in total. The maximum atomic E-state index is 11.1. The highest BCUT2D eigenvalue weighted by atomic mass is 32.2. The van der Waals surface area contributed by atoms with Gasteiger partial charge in [0.25, 0.3) is 0 Å². The molecule has 1 saturated carbocycles. The van der Waals surface area contributed by atoms with Crippen LogP contribution in [-0.4, -0.2) is 41.1 Å². The van der Waals surface area contributed by atoms with Gasteiger partial charge in [-0.05, 0) is 23.3 Å². The molecule has 0 aliphatic heterocycles. The van der Waals surface area contributed by atoms with Crippen molar-refractivity contribution < 1.29 is 9.90 Å². The molecule has 2 aromatic rings. The van der Waals surface area contributed by atoms with Gasteiger partial charge in [0.05, 0.1) is 17.9 Å². The zero-order valence-corrected chi connectivity index (χ0v) is 11.0. The van der Waals surface area contributed by atoms with E-state index in [1.807, 2.05) is 4.68 Å². The van der Waals surface area contributed by atoms with Crippen molar-refractivity contribution in [3.63, 3.8) is 0 Å². The zero-order valence-electron chi connectivity index (χ0n) is 10.2. The van der Waals surface area contributed by atoms with Crippen LogP contribution >= 0.6 is 11.8 Å². The lowest BCUT2D eigenvalue weighted by Gasteiger charge is -2.04. The summed E-state index contributed by atoms with van der Waals surface area (Å²) < 4.78 is 3.38. The van der Waals surface area contributed by atoms with Crippen LogP contribution in [0.4, 0.5) is 0 Å². The van der Waals surface area contributed by atoms with E-state index in [-0.39, 0.29) is 5.56 Å². The Morgan fingerprint density at radius 2 is 2.37 bits per heavy atom. The largest absolute Gasteiger partial charge is 0.478 e. The Kier molecular flexibility index (Phi) is 2.97. The molecule has 0 spiro atoms. The zero-order chi connectivity index (χ0) is 13.4. The summed E-state index contributed by atoms with van der Waals surface area (Å²) in [4.78, 5) is 11.1. The van der Waals surface area contributed by atoms with E-state index >= 15 is 0 Å². The van der Waals surface area contributed by atoms with Crippen molar-refractivity contribution in [2.24, 2.45) is 7.05 Å². The number of tetrazole rings is 1. The van der Waals surface area contributed by atoms with Crippen molar-refractivity contribution in [3.05, 3.63) is 17.5 Å². The first-order valence-electron chi connectivity index (χ1n) is 5.81. The number of nitrogens with zero attached hydrogens (tertiary/aromatic N) is 6. The molecule has 100 valence electrons. The minimum Gasteiger partial charge on any atom is -0.478 e. The third kappa shape index (κ3) is 2.33. The number of carboxylic acid groups (broad SMARTS) is 1. The van der Waals surface area contributed by atoms with Gasteiger partial charge in [-0.15, -0.1) is 5.10 Å². The highest BCUT2D eigenvalue weighted by Crippen LogP contribution is 2.36. The lowest BCUT2D eigenvalue weighted by atomic mass is 10.3. The number of aromatic nitrogens is 6. The van der Waals surface area contributed by atoms with Gasteiger partial charge in [0.15, 0.2) is 0 Å². The normalized spacial score (nSPS) is 14.8. The predicted octanol–water partition coefficient (Wildman–Crippen LogP) is 0.732. The monoisotopic (exact) mass is 280 g/mol. The molecule has 3 rings (SSSR count). The highest BCUT2D eigenvalue weighted by Gasteiger charge is 2.28. The lowest BCUT2D eigenvalue weighted by molar-refractivity contribution is 0.0696. The molecule has 0 unspecified atom stereocenters. The maximum Gasteiger partial charge on any atom is 0.339 e. The van der Waals surface area contributed by atoms with Crippen LogP contribution < -0.4 is 0 Å². The van der Waals surface area contributed by atoms with Gasteiger partial charge in [-0.2, -0.15) is 5.10 Å². The number of aromatic carboxylic acids is 1. The Hall–Kier alpha value is -1.90. The molecule has 0 saturated heterocycles. The summed E-state index contributed by atoms with van der Waals surface area (Å²) in [5.41, 5.74) is 0.878. The summed E-state index contributed by atoms with van der Waals surface area (Å²) in [5, 5.41) is 25.4. The Morgan fingerprint density at radius 3 is 3.05 bits per heavy atom. The summed E-state index contributed by atoms with van der Waals surface area (Å²) in [5.74, 6) is -0.490. The molecule has 1 fully saturated rings. The van der Waals surface area contributed by atoms with Crippen LogP contribution in [0, 0.1) is 0 Å². The summed E-state index contributed by atoms with van der Waals surface area (Å²) in [6.45, 7) is 0. The van der Waals surface area contributed by atoms with Crippen LogP contribution in [-0.2, 0) is 12.8 Å². The smallest absolute Gasteiger partial charge is 0.339 e. The molecule has 2 aromatic heterocycles. The van der Waals surface area contributed by atoms with E-state index in [0.29, 0.717) is 17.5 Å². The third-order valence-corrected chi connectivity index (χ3v) is 3.93. The second kappa shape index (κ2) is 4.65. The molecule has 0 bridgehead atoms. The van der Waals surface area contributed by atoms with Gasteiger partial charge in [-0.3, -0.25) is 4.68 Å². The predicted molar refractivity (Wildman–Crippen MR) is 65.8 cm³/mol. The van der Waals surface area contributed by atoms with Crippen LogP contribution in [0.1, 0.15) is 34.9 Å². The van der Waals surface area contributed by atoms with E-state index in [1.54, 1.807) is 11.7 Å². The molecule has 1 N–H and O–H groups in total. The van der Waals surface area contributed by atoms with Crippen molar-refractivity contribution in [2.75, 3.05) is 0 Å². The number of hydrogen-bond acceptors (Lipinski definition) is 6. The molecule has 1 aliphatic rings. The van der Waals surface area contributed by atoms with Crippen LogP contribution in [0.3, 0.4) is 0 Å². The Balaban J connectivity index is 1.77. The molecule has 0 aromatic carbocycles. The number of thioether (sulfide) groups is 1. The van der Waals surface area contributed by atoms with E-state index in [4.69, 9.17) is 5.11 Å². The number of hydrogen-bond donors (Lipinski definition) is 1. The number of carboxylic acids is 1. The Labute approximate surface area is 112 Å². The van der Waals surface area contributed by atoms with E-state index < -0.39 is 5.97 Å². The topological polar surface area (TPSA) is 98.7 Å². The standard InChI is InChI=1S/C10H12N6O2S/c1-15-8(7(4-11-15)9(17)18)5-19-10-12-13-14-16(10)6-2-3-6/h4,6H,2-3,5H2,1H3,(H,17,18). The molecule has 0 atom stereocenters. The number of aryl methyl sites for hydroxylation is 1. The average molecular weight is 280 g/mol.